The molecular formula is C12H28N2O2S. The zero-order valence-electron chi connectivity index (χ0n) is 11.7. The van der Waals surface area contributed by atoms with Crippen LogP contribution in [0.5, 0.6) is 0 Å². The maximum Gasteiger partial charge on any atom is 0.151 e. The molecule has 17 heavy (non-hydrogen) atoms. The van der Waals surface area contributed by atoms with Gasteiger partial charge in [0.25, 0.3) is 0 Å². The van der Waals surface area contributed by atoms with E-state index in [1.807, 2.05) is 14.1 Å². The van der Waals surface area contributed by atoms with Crippen LogP contribution in [0.4, 0.5) is 0 Å². The Hall–Kier alpha value is -0.130. The monoisotopic (exact) mass is 264 g/mol. The van der Waals surface area contributed by atoms with Crippen molar-refractivity contribution >= 4 is 9.84 Å². The number of sulfone groups is 1. The Labute approximate surface area is 107 Å². The SMILES string of the molecule is CC(C)CCS(=O)(=O)CCNCCCN(C)C. The van der Waals surface area contributed by atoms with Crippen molar-refractivity contribution in [3.05, 3.63) is 0 Å². The molecular weight excluding hydrogens is 236 g/mol. The van der Waals surface area contributed by atoms with Crippen LogP contribution in [0.1, 0.15) is 26.7 Å². The van der Waals surface area contributed by atoms with E-state index >= 15 is 0 Å². The van der Waals surface area contributed by atoms with Crippen molar-refractivity contribution in [2.24, 2.45) is 5.92 Å². The van der Waals surface area contributed by atoms with Crippen molar-refractivity contribution in [2.45, 2.75) is 26.7 Å². The molecule has 4 nitrogen and oxygen atoms in total. The van der Waals surface area contributed by atoms with Gasteiger partial charge < -0.3 is 10.2 Å². The Kier molecular flexibility index (Phi) is 8.82. The molecule has 0 bridgehead atoms. The lowest BCUT2D eigenvalue weighted by atomic mass is 10.2. The van der Waals surface area contributed by atoms with Gasteiger partial charge >= 0.3 is 0 Å². The zero-order valence-corrected chi connectivity index (χ0v) is 12.5. The molecule has 5 heteroatoms. The quantitative estimate of drug-likeness (QED) is 0.598. The van der Waals surface area contributed by atoms with Gasteiger partial charge in [0.05, 0.1) is 11.5 Å². The van der Waals surface area contributed by atoms with Gasteiger partial charge in [0.15, 0.2) is 9.84 Å². The highest BCUT2D eigenvalue weighted by atomic mass is 32.2. The van der Waals surface area contributed by atoms with Gasteiger partial charge in [-0.3, -0.25) is 0 Å². The lowest BCUT2D eigenvalue weighted by molar-refractivity contribution is 0.395. The highest BCUT2D eigenvalue weighted by Gasteiger charge is 2.10. The molecule has 0 saturated heterocycles. The van der Waals surface area contributed by atoms with Crippen LogP contribution in [0, 0.1) is 5.92 Å². The minimum Gasteiger partial charge on any atom is -0.316 e. The number of hydrogen-bond acceptors (Lipinski definition) is 4. The average Bonchev–Trinajstić information content (AvgIpc) is 2.20. The summed E-state index contributed by atoms with van der Waals surface area (Å²) < 4.78 is 23.3. The van der Waals surface area contributed by atoms with Crippen molar-refractivity contribution in [2.75, 3.05) is 45.2 Å². The molecule has 0 aliphatic heterocycles. The Bertz CT molecular complexity index is 274. The van der Waals surface area contributed by atoms with E-state index in [1.54, 1.807) is 0 Å². The van der Waals surface area contributed by atoms with Crippen LogP contribution < -0.4 is 5.32 Å². The zero-order chi connectivity index (χ0) is 13.3. The maximum atomic E-state index is 11.6. The van der Waals surface area contributed by atoms with Crippen molar-refractivity contribution in [1.82, 2.24) is 10.2 Å². The van der Waals surface area contributed by atoms with Crippen molar-refractivity contribution in [3.63, 3.8) is 0 Å². The molecule has 0 aromatic carbocycles. The van der Waals surface area contributed by atoms with Crippen molar-refractivity contribution in [3.8, 4) is 0 Å². The van der Waals surface area contributed by atoms with Gasteiger partial charge in [0.2, 0.25) is 0 Å². The van der Waals surface area contributed by atoms with Crippen molar-refractivity contribution in [1.29, 1.82) is 0 Å². The summed E-state index contributed by atoms with van der Waals surface area (Å²) in [6, 6.07) is 0. The highest BCUT2D eigenvalue weighted by molar-refractivity contribution is 7.91. The first kappa shape index (κ1) is 16.9. The number of nitrogens with one attached hydrogen (secondary N) is 1. The summed E-state index contributed by atoms with van der Waals surface area (Å²) >= 11 is 0. The first-order valence-electron chi connectivity index (χ1n) is 6.39. The average molecular weight is 264 g/mol. The molecule has 0 unspecified atom stereocenters. The first-order valence-corrected chi connectivity index (χ1v) is 8.21. The molecule has 104 valence electrons. The molecule has 1 N–H and O–H groups in total. The fourth-order valence-electron chi connectivity index (χ4n) is 1.39. The fraction of sp³-hybridized carbons (Fsp3) is 1.00. The van der Waals surface area contributed by atoms with Gasteiger partial charge in [-0.25, -0.2) is 8.42 Å². The van der Waals surface area contributed by atoms with E-state index in [9.17, 15) is 8.42 Å². The normalized spacial score (nSPS) is 12.6. The largest absolute Gasteiger partial charge is 0.316 e. The Balaban J connectivity index is 3.53. The summed E-state index contributed by atoms with van der Waals surface area (Å²) in [5, 5.41) is 3.18. The lowest BCUT2D eigenvalue weighted by Gasteiger charge is -2.10. The second-order valence-corrected chi connectivity index (χ2v) is 7.54. The van der Waals surface area contributed by atoms with Crippen LogP contribution >= 0.6 is 0 Å². The Morgan fingerprint density at radius 2 is 1.76 bits per heavy atom. The second-order valence-electron chi connectivity index (χ2n) is 5.24. The number of nitrogens with zero attached hydrogens (tertiary/aromatic N) is 1. The lowest BCUT2D eigenvalue weighted by Crippen LogP contribution is -2.27. The van der Waals surface area contributed by atoms with E-state index in [1.165, 1.54) is 0 Å². The van der Waals surface area contributed by atoms with Crippen LogP contribution in [0.15, 0.2) is 0 Å². The first-order chi connectivity index (χ1) is 7.83. The highest BCUT2D eigenvalue weighted by Crippen LogP contribution is 2.03. The molecule has 0 aromatic heterocycles. The maximum absolute atomic E-state index is 11.6. The van der Waals surface area contributed by atoms with E-state index < -0.39 is 9.84 Å². The third-order valence-corrected chi connectivity index (χ3v) is 4.24. The molecule has 0 atom stereocenters. The van der Waals surface area contributed by atoms with Gasteiger partial charge in [-0.1, -0.05) is 13.8 Å². The van der Waals surface area contributed by atoms with E-state index in [0.717, 1.165) is 25.9 Å². The van der Waals surface area contributed by atoms with Gasteiger partial charge in [-0.15, -0.1) is 0 Å². The molecule has 0 aliphatic rings. The molecule has 0 fully saturated rings. The van der Waals surface area contributed by atoms with E-state index in [-0.39, 0.29) is 5.75 Å². The second kappa shape index (κ2) is 8.89. The summed E-state index contributed by atoms with van der Waals surface area (Å²) in [6.07, 6.45) is 1.82. The van der Waals surface area contributed by atoms with Crippen LogP contribution in [-0.2, 0) is 9.84 Å². The topological polar surface area (TPSA) is 49.4 Å². The van der Waals surface area contributed by atoms with Crippen LogP contribution in [0.3, 0.4) is 0 Å². The van der Waals surface area contributed by atoms with Crippen molar-refractivity contribution < 1.29 is 8.42 Å². The molecule has 0 spiro atoms. The van der Waals surface area contributed by atoms with E-state index in [4.69, 9.17) is 0 Å². The van der Waals surface area contributed by atoms with Gasteiger partial charge in [-0.2, -0.15) is 0 Å². The molecule has 0 aliphatic carbocycles. The smallest absolute Gasteiger partial charge is 0.151 e. The number of hydrogen-bond donors (Lipinski definition) is 1. The van der Waals surface area contributed by atoms with E-state index in [2.05, 4.69) is 24.1 Å². The summed E-state index contributed by atoms with van der Waals surface area (Å²) in [5.74, 6) is 1.05. The van der Waals surface area contributed by atoms with Gasteiger partial charge in [-0.05, 0) is 45.9 Å². The number of rotatable bonds is 10. The summed E-state index contributed by atoms with van der Waals surface area (Å²) in [4.78, 5) is 2.13. The van der Waals surface area contributed by atoms with Crippen LogP contribution in [-0.4, -0.2) is 58.6 Å². The molecule has 0 heterocycles. The minimum absolute atomic E-state index is 0.266. The third kappa shape index (κ3) is 12.1. The molecule has 0 aromatic rings. The third-order valence-electron chi connectivity index (χ3n) is 2.55. The van der Waals surface area contributed by atoms with Gasteiger partial charge in [0.1, 0.15) is 0 Å². The summed E-state index contributed by atoms with van der Waals surface area (Å²) in [5.41, 5.74) is 0. The summed E-state index contributed by atoms with van der Waals surface area (Å²) in [6.45, 7) is 6.60. The van der Waals surface area contributed by atoms with Crippen LogP contribution in [0.2, 0.25) is 0 Å². The summed E-state index contributed by atoms with van der Waals surface area (Å²) in [7, 11) is 1.22. The fourth-order valence-corrected chi connectivity index (χ4v) is 2.88. The van der Waals surface area contributed by atoms with Crippen LogP contribution in [0.25, 0.3) is 0 Å². The minimum atomic E-state index is -2.85. The van der Waals surface area contributed by atoms with Gasteiger partial charge in [0, 0.05) is 6.54 Å². The predicted octanol–water partition coefficient (Wildman–Crippen LogP) is 0.989. The molecule has 0 radical (unpaired) electrons. The molecule has 0 rings (SSSR count). The predicted molar refractivity (Wildman–Crippen MR) is 74.1 cm³/mol. The van der Waals surface area contributed by atoms with E-state index in [0.29, 0.717) is 18.2 Å². The Morgan fingerprint density at radius 1 is 1.12 bits per heavy atom. The standard InChI is InChI=1S/C12H28N2O2S/c1-12(2)6-10-17(15,16)11-8-13-7-5-9-14(3)4/h12-13H,5-11H2,1-4H3. The molecule has 0 saturated carbocycles. The molecule has 0 amide bonds. The Morgan fingerprint density at radius 3 is 2.29 bits per heavy atom.